The van der Waals surface area contributed by atoms with Crippen LogP contribution >= 0.6 is 0 Å². The molecule has 0 radical (unpaired) electrons. The van der Waals surface area contributed by atoms with E-state index < -0.39 is 0 Å². The van der Waals surface area contributed by atoms with Crippen LogP contribution in [0.5, 0.6) is 0 Å². The average molecular weight is 391 g/mol. The van der Waals surface area contributed by atoms with E-state index in [-0.39, 0.29) is 5.41 Å². The highest BCUT2D eigenvalue weighted by molar-refractivity contribution is 5.83. The predicted octanol–water partition coefficient (Wildman–Crippen LogP) is 5.80. The number of rotatable bonds is 6. The lowest BCUT2D eigenvalue weighted by Gasteiger charge is -2.60. The maximum Gasteiger partial charge on any atom is 0.136 e. The summed E-state index contributed by atoms with van der Waals surface area (Å²) in [6.45, 7) is 11.1. The first-order chi connectivity index (χ1) is 13.4. The van der Waals surface area contributed by atoms with Gasteiger partial charge in [-0.1, -0.05) is 27.7 Å². The molecule has 28 heavy (non-hydrogen) atoms. The third-order valence-electron chi connectivity index (χ3n) is 9.42. The molecule has 4 aliphatic carbocycles. The molecule has 0 aromatic rings. The van der Waals surface area contributed by atoms with Crippen LogP contribution in [0.4, 0.5) is 0 Å². The van der Waals surface area contributed by atoms with Crippen LogP contribution in [0.15, 0.2) is 0 Å². The molecule has 0 spiro atoms. The second-order valence-electron chi connectivity index (χ2n) is 10.9. The smallest absolute Gasteiger partial charge is 0.136 e. The van der Waals surface area contributed by atoms with Gasteiger partial charge in [0.2, 0.25) is 0 Å². The van der Waals surface area contributed by atoms with Gasteiger partial charge < -0.3 is 9.47 Å². The number of ketones is 1. The molecular formula is C25H42O3. The van der Waals surface area contributed by atoms with Gasteiger partial charge in [-0.15, -0.1) is 0 Å². The van der Waals surface area contributed by atoms with Crippen LogP contribution in [0.25, 0.3) is 0 Å². The molecule has 4 saturated carbocycles. The predicted molar refractivity (Wildman–Crippen MR) is 112 cm³/mol. The fourth-order valence-electron chi connectivity index (χ4n) is 7.81. The third kappa shape index (κ3) is 3.29. The summed E-state index contributed by atoms with van der Waals surface area (Å²) >= 11 is 0. The van der Waals surface area contributed by atoms with E-state index in [4.69, 9.17) is 9.47 Å². The molecule has 0 heterocycles. The summed E-state index contributed by atoms with van der Waals surface area (Å²) in [6, 6.07) is 0. The van der Waals surface area contributed by atoms with Crippen LogP contribution in [0.1, 0.15) is 91.9 Å². The van der Waals surface area contributed by atoms with Crippen molar-refractivity contribution in [3.8, 4) is 0 Å². The first-order valence-electron chi connectivity index (χ1n) is 12.2. The molecule has 0 aromatic carbocycles. The maximum absolute atomic E-state index is 13.5. The van der Waals surface area contributed by atoms with E-state index in [1.807, 2.05) is 0 Å². The summed E-state index contributed by atoms with van der Waals surface area (Å²) in [4.78, 5) is 13.5. The molecule has 4 fully saturated rings. The lowest BCUT2D eigenvalue weighted by atomic mass is 9.45. The van der Waals surface area contributed by atoms with E-state index in [1.54, 1.807) is 0 Å². The highest BCUT2D eigenvalue weighted by Gasteiger charge is 2.63. The van der Waals surface area contributed by atoms with Crippen molar-refractivity contribution in [3.05, 3.63) is 0 Å². The Morgan fingerprint density at radius 2 is 1.57 bits per heavy atom. The lowest BCUT2D eigenvalue weighted by Crippen LogP contribution is -2.57. The van der Waals surface area contributed by atoms with E-state index in [0.29, 0.717) is 47.1 Å². The van der Waals surface area contributed by atoms with Crippen LogP contribution < -0.4 is 0 Å². The van der Waals surface area contributed by atoms with Gasteiger partial charge in [-0.2, -0.15) is 0 Å². The largest absolute Gasteiger partial charge is 0.378 e. The summed E-state index contributed by atoms with van der Waals surface area (Å²) < 4.78 is 12.4. The number of hydrogen-bond acceptors (Lipinski definition) is 3. The van der Waals surface area contributed by atoms with Crippen molar-refractivity contribution in [2.45, 2.75) is 104 Å². The van der Waals surface area contributed by atoms with Crippen LogP contribution in [-0.2, 0) is 14.3 Å². The van der Waals surface area contributed by atoms with Gasteiger partial charge in [-0.25, -0.2) is 0 Å². The summed E-state index contributed by atoms with van der Waals surface area (Å²) in [5.41, 5.74) is 0.560. The molecule has 0 saturated heterocycles. The molecule has 0 aromatic heterocycles. The second-order valence-corrected chi connectivity index (χ2v) is 10.9. The second kappa shape index (κ2) is 8.02. The molecule has 0 bridgehead atoms. The van der Waals surface area contributed by atoms with E-state index in [1.165, 1.54) is 32.1 Å². The number of ether oxygens (including phenoxy) is 2. The molecule has 8 atom stereocenters. The van der Waals surface area contributed by atoms with Crippen molar-refractivity contribution in [2.24, 2.45) is 34.5 Å². The van der Waals surface area contributed by atoms with E-state index in [9.17, 15) is 4.79 Å². The Morgan fingerprint density at radius 3 is 2.32 bits per heavy atom. The van der Waals surface area contributed by atoms with E-state index in [0.717, 1.165) is 45.3 Å². The molecule has 3 heteroatoms. The number of carbonyl (C=O) groups is 1. The number of Topliss-reactive ketones (excluding diaryl/α,β-unsaturated/α-hetero) is 1. The van der Waals surface area contributed by atoms with Gasteiger partial charge in [0.05, 0.1) is 12.2 Å². The highest BCUT2D eigenvalue weighted by Crippen LogP contribution is 2.65. The van der Waals surface area contributed by atoms with Gasteiger partial charge in [0.1, 0.15) is 5.78 Å². The minimum atomic E-state index is 0.219. The van der Waals surface area contributed by atoms with Crippen LogP contribution in [0, 0.1) is 34.5 Å². The van der Waals surface area contributed by atoms with Crippen molar-refractivity contribution >= 4 is 5.78 Å². The minimum Gasteiger partial charge on any atom is -0.378 e. The molecule has 8 unspecified atom stereocenters. The molecule has 160 valence electrons. The zero-order valence-corrected chi connectivity index (χ0v) is 18.7. The summed E-state index contributed by atoms with van der Waals surface area (Å²) in [5.74, 6) is 2.55. The molecule has 0 aliphatic heterocycles. The van der Waals surface area contributed by atoms with E-state index >= 15 is 0 Å². The fraction of sp³-hybridized carbons (Fsp3) is 0.960. The fourth-order valence-corrected chi connectivity index (χ4v) is 7.81. The minimum absolute atomic E-state index is 0.219. The van der Waals surface area contributed by atoms with Crippen LogP contribution in [0.3, 0.4) is 0 Å². The molecule has 0 N–H and O–H groups in total. The van der Waals surface area contributed by atoms with Crippen LogP contribution in [0.2, 0.25) is 0 Å². The Kier molecular flexibility index (Phi) is 5.97. The van der Waals surface area contributed by atoms with Gasteiger partial charge in [0.15, 0.2) is 0 Å². The van der Waals surface area contributed by atoms with Gasteiger partial charge in [0.25, 0.3) is 0 Å². The van der Waals surface area contributed by atoms with Gasteiger partial charge >= 0.3 is 0 Å². The first kappa shape index (κ1) is 20.8. The van der Waals surface area contributed by atoms with Crippen molar-refractivity contribution in [1.82, 2.24) is 0 Å². The van der Waals surface area contributed by atoms with Crippen molar-refractivity contribution in [2.75, 3.05) is 13.2 Å². The Balaban J connectivity index is 1.52. The quantitative estimate of drug-likeness (QED) is 0.575. The SMILES string of the molecule is CCCOC1CCC2(C)C(CC(=O)C3C2CCC2(C)C(OCCC)CCC32)C1. The Labute approximate surface area is 172 Å². The number of fused-ring (bicyclic) bond motifs is 5. The Hall–Kier alpha value is -0.410. The topological polar surface area (TPSA) is 35.5 Å². The maximum atomic E-state index is 13.5. The monoisotopic (exact) mass is 390 g/mol. The lowest BCUT2D eigenvalue weighted by molar-refractivity contribution is -0.166. The molecular weight excluding hydrogens is 348 g/mol. The first-order valence-corrected chi connectivity index (χ1v) is 12.2. The van der Waals surface area contributed by atoms with Crippen molar-refractivity contribution in [3.63, 3.8) is 0 Å². The summed E-state index contributed by atoms with van der Waals surface area (Å²) in [7, 11) is 0. The average Bonchev–Trinajstić information content (AvgIpc) is 3.01. The molecule has 0 amide bonds. The highest BCUT2D eigenvalue weighted by atomic mass is 16.5. The third-order valence-corrected chi connectivity index (χ3v) is 9.42. The van der Waals surface area contributed by atoms with Gasteiger partial charge in [0, 0.05) is 25.6 Å². The summed E-state index contributed by atoms with van der Waals surface area (Å²) in [6.07, 6.45) is 12.1. The van der Waals surface area contributed by atoms with E-state index in [2.05, 4.69) is 27.7 Å². The Morgan fingerprint density at radius 1 is 0.893 bits per heavy atom. The normalized spacial score (nSPS) is 48.1. The zero-order chi connectivity index (χ0) is 19.9. The summed E-state index contributed by atoms with van der Waals surface area (Å²) in [5, 5.41) is 0. The number of hydrogen-bond donors (Lipinski definition) is 0. The Bertz CT molecular complexity index is 574. The van der Waals surface area contributed by atoms with Crippen molar-refractivity contribution < 1.29 is 14.3 Å². The van der Waals surface area contributed by atoms with Gasteiger partial charge in [-0.3, -0.25) is 4.79 Å². The standard InChI is InChI=1S/C25H42O3/c1-5-13-27-18-9-11-24(3)17(15-18)16-21(26)23-19-7-8-22(28-14-6-2)25(19,4)12-10-20(23)24/h17-20,22-23H,5-16H2,1-4H3. The molecule has 4 rings (SSSR count). The van der Waals surface area contributed by atoms with Gasteiger partial charge in [-0.05, 0) is 86.4 Å². The number of carbonyl (C=O) groups excluding carboxylic acids is 1. The molecule has 4 aliphatic rings. The van der Waals surface area contributed by atoms with Crippen molar-refractivity contribution in [1.29, 1.82) is 0 Å². The van der Waals surface area contributed by atoms with Crippen LogP contribution in [-0.4, -0.2) is 31.2 Å². The zero-order valence-electron chi connectivity index (χ0n) is 18.7. The molecule has 3 nitrogen and oxygen atoms in total.